The van der Waals surface area contributed by atoms with Crippen LogP contribution in [0.2, 0.25) is 0 Å². The van der Waals surface area contributed by atoms with Gasteiger partial charge in [-0.2, -0.15) is 0 Å². The van der Waals surface area contributed by atoms with E-state index >= 15 is 0 Å². The number of carbonyl (C=O) groups excluding carboxylic acids is 2. The molecule has 7 heteroatoms. The van der Waals surface area contributed by atoms with Crippen molar-refractivity contribution in [1.29, 1.82) is 0 Å². The maximum atomic E-state index is 12.0. The van der Waals surface area contributed by atoms with Crippen molar-refractivity contribution >= 4 is 35.1 Å². The smallest absolute Gasteiger partial charge is 0.238 e. The van der Waals surface area contributed by atoms with Crippen LogP contribution in [0.3, 0.4) is 0 Å². The Bertz CT molecular complexity index is 742. The fraction of sp³-hybridized carbons (Fsp3) is 0.353. The predicted octanol–water partition coefficient (Wildman–Crippen LogP) is 3.30. The molecule has 0 saturated carbocycles. The summed E-state index contributed by atoms with van der Waals surface area (Å²) in [6.45, 7) is 7.51. The Hall–Kier alpha value is -2.28. The zero-order chi connectivity index (χ0) is 17.7. The first-order valence-corrected chi connectivity index (χ1v) is 8.63. The van der Waals surface area contributed by atoms with E-state index in [1.807, 2.05) is 32.0 Å². The van der Waals surface area contributed by atoms with Crippen LogP contribution in [0.5, 0.6) is 0 Å². The van der Waals surface area contributed by atoms with Gasteiger partial charge in [0, 0.05) is 11.8 Å². The molecule has 2 N–H and O–H groups in total. The number of aromatic nitrogens is 1. The van der Waals surface area contributed by atoms with Gasteiger partial charge in [-0.05, 0) is 51.0 Å². The van der Waals surface area contributed by atoms with Gasteiger partial charge < -0.3 is 15.2 Å². The molecular formula is C17H21N3O3S. The summed E-state index contributed by atoms with van der Waals surface area (Å²) in [6.07, 6.45) is 0. The lowest BCUT2D eigenvalue weighted by Crippen LogP contribution is -2.25. The third kappa shape index (κ3) is 5.13. The molecule has 1 unspecified atom stereocenters. The van der Waals surface area contributed by atoms with Crippen molar-refractivity contribution in [2.75, 3.05) is 16.4 Å². The molecule has 1 aromatic carbocycles. The fourth-order valence-corrected chi connectivity index (χ4v) is 2.63. The van der Waals surface area contributed by atoms with E-state index in [-0.39, 0.29) is 22.8 Å². The lowest BCUT2D eigenvalue weighted by Gasteiger charge is -2.11. The number of nitrogens with zero attached hydrogens (tertiary/aromatic N) is 1. The fourth-order valence-electron chi connectivity index (χ4n) is 1.95. The summed E-state index contributed by atoms with van der Waals surface area (Å²) >= 11 is 1.26. The van der Waals surface area contributed by atoms with Gasteiger partial charge in [0.1, 0.15) is 5.76 Å². The molecule has 0 aliphatic heterocycles. The first kappa shape index (κ1) is 18.1. The SMILES string of the molecule is Cc1cc(NC(=O)C(C)SCC(=O)Nc2ccc(C)c(C)c2)no1. The Morgan fingerprint density at radius 1 is 1.17 bits per heavy atom. The minimum absolute atomic E-state index is 0.139. The molecule has 2 amide bonds. The van der Waals surface area contributed by atoms with Gasteiger partial charge in [0.2, 0.25) is 11.8 Å². The number of hydrogen-bond acceptors (Lipinski definition) is 5. The van der Waals surface area contributed by atoms with E-state index in [0.717, 1.165) is 11.3 Å². The van der Waals surface area contributed by atoms with Crippen molar-refractivity contribution in [3.63, 3.8) is 0 Å². The number of nitrogens with one attached hydrogen (secondary N) is 2. The van der Waals surface area contributed by atoms with Crippen molar-refractivity contribution in [2.45, 2.75) is 32.9 Å². The minimum atomic E-state index is -0.382. The van der Waals surface area contributed by atoms with Gasteiger partial charge in [0.25, 0.3) is 0 Å². The monoisotopic (exact) mass is 347 g/mol. The van der Waals surface area contributed by atoms with Gasteiger partial charge in [0.15, 0.2) is 5.82 Å². The van der Waals surface area contributed by atoms with E-state index in [1.54, 1.807) is 19.9 Å². The highest BCUT2D eigenvalue weighted by molar-refractivity contribution is 8.01. The Labute approximate surface area is 145 Å². The highest BCUT2D eigenvalue weighted by Gasteiger charge is 2.17. The molecule has 2 rings (SSSR count). The molecule has 128 valence electrons. The summed E-state index contributed by atoms with van der Waals surface area (Å²) in [5.74, 6) is 0.842. The number of carbonyl (C=O) groups is 2. The highest BCUT2D eigenvalue weighted by Crippen LogP contribution is 2.17. The molecular weight excluding hydrogens is 326 g/mol. The average Bonchev–Trinajstić information content (AvgIpc) is 2.93. The number of rotatable bonds is 6. The molecule has 1 heterocycles. The van der Waals surface area contributed by atoms with E-state index in [2.05, 4.69) is 15.8 Å². The van der Waals surface area contributed by atoms with Gasteiger partial charge in [-0.3, -0.25) is 9.59 Å². The molecule has 0 aliphatic rings. The third-order valence-electron chi connectivity index (χ3n) is 3.50. The average molecular weight is 347 g/mol. The Morgan fingerprint density at radius 2 is 1.92 bits per heavy atom. The lowest BCUT2D eigenvalue weighted by molar-refractivity contribution is -0.115. The van der Waals surface area contributed by atoms with Crippen LogP contribution < -0.4 is 10.6 Å². The zero-order valence-corrected chi connectivity index (χ0v) is 15.0. The van der Waals surface area contributed by atoms with Crippen LogP contribution in [0.25, 0.3) is 0 Å². The zero-order valence-electron chi connectivity index (χ0n) is 14.2. The number of anilines is 2. The van der Waals surface area contributed by atoms with Crippen LogP contribution in [0.4, 0.5) is 11.5 Å². The second-order valence-electron chi connectivity index (χ2n) is 5.61. The van der Waals surface area contributed by atoms with Crippen LogP contribution in [0, 0.1) is 20.8 Å². The molecule has 0 fully saturated rings. The predicted molar refractivity (Wildman–Crippen MR) is 96.3 cm³/mol. The maximum Gasteiger partial charge on any atom is 0.238 e. The molecule has 0 spiro atoms. The molecule has 0 aliphatic carbocycles. The highest BCUT2D eigenvalue weighted by atomic mass is 32.2. The third-order valence-corrected chi connectivity index (χ3v) is 4.65. The van der Waals surface area contributed by atoms with Gasteiger partial charge in [-0.15, -0.1) is 11.8 Å². The van der Waals surface area contributed by atoms with Crippen LogP contribution in [0.15, 0.2) is 28.8 Å². The summed E-state index contributed by atoms with van der Waals surface area (Å²) in [5, 5.41) is 8.82. The van der Waals surface area contributed by atoms with Crippen molar-refractivity contribution in [1.82, 2.24) is 5.16 Å². The van der Waals surface area contributed by atoms with Gasteiger partial charge in [0.05, 0.1) is 11.0 Å². The second kappa shape index (κ2) is 8.01. The standard InChI is InChI=1S/C17H21N3O3S/c1-10-5-6-14(7-11(10)2)18-16(21)9-24-13(4)17(22)19-15-8-12(3)23-20-15/h5-8,13H,9H2,1-4H3,(H,18,21)(H,19,20,22). The lowest BCUT2D eigenvalue weighted by atomic mass is 10.1. The Kier molecular flexibility index (Phi) is 6.03. The van der Waals surface area contributed by atoms with Crippen LogP contribution in [-0.2, 0) is 9.59 Å². The molecule has 1 atom stereocenters. The molecule has 0 radical (unpaired) electrons. The molecule has 24 heavy (non-hydrogen) atoms. The molecule has 0 saturated heterocycles. The first-order chi connectivity index (χ1) is 11.3. The quantitative estimate of drug-likeness (QED) is 0.837. The summed E-state index contributed by atoms with van der Waals surface area (Å²) < 4.78 is 4.89. The van der Waals surface area contributed by atoms with Crippen LogP contribution in [0.1, 0.15) is 23.8 Å². The van der Waals surface area contributed by atoms with E-state index in [4.69, 9.17) is 4.52 Å². The summed E-state index contributed by atoms with van der Waals surface area (Å²) in [5.41, 5.74) is 3.06. The van der Waals surface area contributed by atoms with Crippen LogP contribution >= 0.6 is 11.8 Å². The normalized spacial score (nSPS) is 11.8. The molecule has 6 nitrogen and oxygen atoms in total. The van der Waals surface area contributed by atoms with Gasteiger partial charge in [-0.1, -0.05) is 11.2 Å². The largest absolute Gasteiger partial charge is 0.360 e. The molecule has 2 aromatic rings. The number of aryl methyl sites for hydroxylation is 3. The summed E-state index contributed by atoms with van der Waals surface area (Å²) in [4.78, 5) is 24.0. The first-order valence-electron chi connectivity index (χ1n) is 7.58. The summed E-state index contributed by atoms with van der Waals surface area (Å²) in [6, 6.07) is 7.41. The van der Waals surface area contributed by atoms with Crippen molar-refractivity contribution in [2.24, 2.45) is 0 Å². The van der Waals surface area contributed by atoms with Crippen LogP contribution in [-0.4, -0.2) is 28.0 Å². The van der Waals surface area contributed by atoms with Gasteiger partial charge >= 0.3 is 0 Å². The minimum Gasteiger partial charge on any atom is -0.360 e. The van der Waals surface area contributed by atoms with Crippen molar-refractivity contribution in [3.05, 3.63) is 41.2 Å². The molecule has 0 bridgehead atoms. The molecule has 1 aromatic heterocycles. The maximum absolute atomic E-state index is 12.0. The van der Waals surface area contributed by atoms with E-state index in [0.29, 0.717) is 11.6 Å². The van der Waals surface area contributed by atoms with E-state index in [9.17, 15) is 9.59 Å². The number of benzene rings is 1. The van der Waals surface area contributed by atoms with Crippen molar-refractivity contribution in [3.8, 4) is 0 Å². The Morgan fingerprint density at radius 3 is 2.54 bits per heavy atom. The van der Waals surface area contributed by atoms with Gasteiger partial charge in [-0.25, -0.2) is 0 Å². The summed E-state index contributed by atoms with van der Waals surface area (Å²) in [7, 11) is 0. The topological polar surface area (TPSA) is 84.2 Å². The Balaban J connectivity index is 1.79. The van der Waals surface area contributed by atoms with E-state index in [1.165, 1.54) is 17.3 Å². The number of hydrogen-bond donors (Lipinski definition) is 2. The van der Waals surface area contributed by atoms with Crippen molar-refractivity contribution < 1.29 is 14.1 Å². The second-order valence-corrected chi connectivity index (χ2v) is 6.94. The number of amides is 2. The number of thioether (sulfide) groups is 1. The van der Waals surface area contributed by atoms with E-state index < -0.39 is 0 Å².